The second-order valence-electron chi connectivity index (χ2n) is 3.35. The molecule has 12 heteroatoms. The highest BCUT2D eigenvalue weighted by Gasteiger charge is 2.68. The monoisotopic (exact) mass is 333 g/mol. The molecule has 1 radical (unpaired) electrons. The van der Waals surface area contributed by atoms with Crippen LogP contribution in [0.3, 0.4) is 0 Å². The van der Waals surface area contributed by atoms with E-state index in [-0.39, 0.29) is 0 Å². The van der Waals surface area contributed by atoms with Crippen LogP contribution in [0.2, 0.25) is 0 Å². The van der Waals surface area contributed by atoms with Crippen LogP contribution in [0.1, 0.15) is 0 Å². The summed E-state index contributed by atoms with van der Waals surface area (Å²) in [5.74, 6) is -23.6. The van der Waals surface area contributed by atoms with Gasteiger partial charge in [-0.15, -0.1) is 0 Å². The van der Waals surface area contributed by atoms with E-state index in [0.29, 0.717) is 0 Å². The van der Waals surface area contributed by atoms with Crippen molar-refractivity contribution in [2.45, 2.75) is 12.0 Å². The summed E-state index contributed by atoms with van der Waals surface area (Å²) in [5.41, 5.74) is 0. The Morgan fingerprint density at radius 2 is 1.00 bits per heavy atom. The molecule has 0 spiro atoms. The van der Waals surface area contributed by atoms with Crippen molar-refractivity contribution in [3.05, 3.63) is 35.5 Å². The van der Waals surface area contributed by atoms with Crippen LogP contribution in [0.25, 0.3) is 0 Å². The maximum atomic E-state index is 12.9. The molecule has 0 fully saturated rings. The average molecular weight is 333 g/mol. The molecular formula is C9F11O. The molecule has 1 aromatic rings. The zero-order valence-electron chi connectivity index (χ0n) is 9.07. The molecule has 0 saturated heterocycles. The van der Waals surface area contributed by atoms with Gasteiger partial charge in [0.05, 0.1) is 0 Å². The molecule has 0 aromatic heterocycles. The number of hydrogen-bond donors (Lipinski definition) is 0. The van der Waals surface area contributed by atoms with Crippen molar-refractivity contribution >= 4 is 0 Å². The van der Waals surface area contributed by atoms with Crippen molar-refractivity contribution in [3.8, 4) is 5.75 Å². The molecule has 0 aliphatic rings. The average Bonchev–Trinajstić information content (AvgIpc) is 2.38. The molecule has 0 amide bonds. The molecule has 0 unspecified atom stereocenters. The van der Waals surface area contributed by atoms with Gasteiger partial charge in [0.15, 0.2) is 0 Å². The number of ether oxygens (including phenoxy) is 1. The Hall–Kier alpha value is -1.75. The van der Waals surface area contributed by atoms with Crippen LogP contribution in [0.5, 0.6) is 5.75 Å². The quantitative estimate of drug-likeness (QED) is 0.450. The molecule has 1 rings (SSSR count). The van der Waals surface area contributed by atoms with Crippen molar-refractivity contribution in [2.75, 3.05) is 0 Å². The van der Waals surface area contributed by atoms with Gasteiger partial charge >= 0.3 is 18.5 Å². The maximum Gasteiger partial charge on any atom is 0.471 e. The topological polar surface area (TPSA) is 9.23 Å². The lowest BCUT2D eigenvalue weighted by Crippen LogP contribution is -2.47. The molecule has 0 aliphatic carbocycles. The summed E-state index contributed by atoms with van der Waals surface area (Å²) in [6.45, 7) is 0. The molecule has 119 valence electrons. The van der Waals surface area contributed by atoms with E-state index in [4.69, 9.17) is 0 Å². The Kier molecular flexibility index (Phi) is 4.30. The number of hydrogen-bond acceptors (Lipinski definition) is 1. The lowest BCUT2D eigenvalue weighted by Gasteiger charge is -2.25. The standard InChI is InChI=1S/C9F11O/c10-1-2(11)4(13)6(5(14)3(1)12)21-9(19,20)8(17,18)7(15)16. The van der Waals surface area contributed by atoms with Gasteiger partial charge in [-0.25, -0.2) is 13.2 Å². The predicted octanol–water partition coefficient (Wildman–Crippen LogP) is 4.42. The Bertz CT molecular complexity index is 524. The second-order valence-corrected chi connectivity index (χ2v) is 3.35. The molecular weight excluding hydrogens is 333 g/mol. The first-order valence-electron chi connectivity index (χ1n) is 4.49. The number of rotatable bonds is 4. The van der Waals surface area contributed by atoms with Crippen molar-refractivity contribution in [1.29, 1.82) is 0 Å². The van der Waals surface area contributed by atoms with Crippen molar-refractivity contribution in [3.63, 3.8) is 0 Å². The Morgan fingerprint density at radius 1 is 0.667 bits per heavy atom. The summed E-state index contributed by atoms with van der Waals surface area (Å²) in [6.07, 6.45) is -10.5. The number of benzene rings is 1. The molecule has 0 saturated carbocycles. The summed E-state index contributed by atoms with van der Waals surface area (Å²) < 4.78 is 140. The maximum absolute atomic E-state index is 12.9. The minimum atomic E-state index is -6.33. The molecule has 1 aromatic carbocycles. The first-order chi connectivity index (χ1) is 9.34. The Morgan fingerprint density at radius 3 is 1.33 bits per heavy atom. The molecule has 21 heavy (non-hydrogen) atoms. The van der Waals surface area contributed by atoms with Gasteiger partial charge in [-0.05, 0) is 0 Å². The van der Waals surface area contributed by atoms with E-state index in [2.05, 4.69) is 4.74 Å². The summed E-state index contributed by atoms with van der Waals surface area (Å²) in [4.78, 5) is 0. The zero-order chi connectivity index (χ0) is 16.7. The molecule has 0 heterocycles. The highest BCUT2D eigenvalue weighted by atomic mass is 19.3. The third kappa shape index (κ3) is 2.70. The van der Waals surface area contributed by atoms with Gasteiger partial charge in [0.1, 0.15) is 0 Å². The van der Waals surface area contributed by atoms with Gasteiger partial charge in [0, 0.05) is 0 Å². The van der Waals surface area contributed by atoms with Gasteiger partial charge in [-0.2, -0.15) is 35.1 Å². The van der Waals surface area contributed by atoms with Crippen molar-refractivity contribution in [1.82, 2.24) is 0 Å². The smallest absolute Gasteiger partial charge is 0.421 e. The minimum absolute atomic E-state index is 2.63. The van der Waals surface area contributed by atoms with Crippen LogP contribution in [-0.4, -0.2) is 12.0 Å². The van der Waals surface area contributed by atoms with Crippen LogP contribution in [0, 0.1) is 35.5 Å². The van der Waals surface area contributed by atoms with Crippen molar-refractivity contribution < 1.29 is 53.0 Å². The lowest BCUT2D eigenvalue weighted by molar-refractivity contribution is -0.320. The molecule has 0 N–H and O–H groups in total. The van der Waals surface area contributed by atoms with Crippen LogP contribution in [0.4, 0.5) is 48.3 Å². The van der Waals surface area contributed by atoms with Gasteiger partial charge in [-0.3, -0.25) is 0 Å². The molecule has 0 aliphatic heterocycles. The van der Waals surface area contributed by atoms with E-state index < -0.39 is 53.3 Å². The third-order valence-corrected chi connectivity index (χ3v) is 2.00. The van der Waals surface area contributed by atoms with Crippen molar-refractivity contribution in [2.24, 2.45) is 0 Å². The zero-order valence-corrected chi connectivity index (χ0v) is 9.07. The predicted molar refractivity (Wildman–Crippen MR) is 42.2 cm³/mol. The Balaban J connectivity index is 3.39. The van der Waals surface area contributed by atoms with Crippen LogP contribution in [-0.2, 0) is 0 Å². The second kappa shape index (κ2) is 5.22. The molecule has 1 nitrogen and oxygen atoms in total. The van der Waals surface area contributed by atoms with Gasteiger partial charge < -0.3 is 4.74 Å². The first kappa shape index (κ1) is 17.3. The minimum Gasteiger partial charge on any atom is -0.421 e. The van der Waals surface area contributed by atoms with Crippen LogP contribution < -0.4 is 4.74 Å². The highest BCUT2D eigenvalue weighted by molar-refractivity contribution is 5.30. The van der Waals surface area contributed by atoms with E-state index in [1.807, 2.05) is 0 Å². The Labute approximate surface area is 107 Å². The molecule has 0 bridgehead atoms. The summed E-state index contributed by atoms with van der Waals surface area (Å²) in [7, 11) is 0. The fourth-order valence-electron chi connectivity index (χ4n) is 0.977. The third-order valence-electron chi connectivity index (χ3n) is 2.00. The van der Waals surface area contributed by atoms with Gasteiger partial charge in [-0.1, -0.05) is 0 Å². The SMILES string of the molecule is F[C](F)C(F)(F)C(F)(F)Oc1c(F)c(F)c(F)c(F)c1F. The van der Waals surface area contributed by atoms with E-state index in [1.54, 1.807) is 0 Å². The van der Waals surface area contributed by atoms with Crippen LogP contribution in [0.15, 0.2) is 0 Å². The van der Waals surface area contributed by atoms with E-state index >= 15 is 0 Å². The van der Waals surface area contributed by atoms with Gasteiger partial charge in [0.2, 0.25) is 34.8 Å². The van der Waals surface area contributed by atoms with E-state index in [1.165, 1.54) is 0 Å². The van der Waals surface area contributed by atoms with Gasteiger partial charge in [0.25, 0.3) is 0 Å². The fraction of sp³-hybridized carbons (Fsp3) is 0.222. The van der Waals surface area contributed by atoms with E-state index in [0.717, 1.165) is 0 Å². The van der Waals surface area contributed by atoms with Crippen LogP contribution >= 0.6 is 0 Å². The number of halogens is 11. The molecule has 0 atom stereocenters. The normalized spacial score (nSPS) is 13.0. The fourth-order valence-corrected chi connectivity index (χ4v) is 0.977. The lowest BCUT2D eigenvalue weighted by atomic mass is 10.2. The summed E-state index contributed by atoms with van der Waals surface area (Å²) >= 11 is 0. The number of alkyl halides is 4. The summed E-state index contributed by atoms with van der Waals surface area (Å²) in [6, 6.07) is 0. The first-order valence-corrected chi connectivity index (χ1v) is 4.49. The summed E-state index contributed by atoms with van der Waals surface area (Å²) in [5, 5.41) is 0. The highest BCUT2D eigenvalue weighted by Crippen LogP contribution is 2.45. The van der Waals surface area contributed by atoms with E-state index in [9.17, 15) is 48.3 Å². The largest absolute Gasteiger partial charge is 0.471 e.